The molecule has 0 saturated heterocycles. The Hall–Kier alpha value is -0.500. The molecule has 0 heterocycles. The van der Waals surface area contributed by atoms with Gasteiger partial charge in [-0.1, -0.05) is 35.3 Å². The Balaban J connectivity index is 3.04. The van der Waals surface area contributed by atoms with Gasteiger partial charge in [-0.2, -0.15) is 0 Å². The van der Waals surface area contributed by atoms with E-state index < -0.39 is 0 Å². The molecule has 0 aliphatic rings. The highest BCUT2D eigenvalue weighted by Gasteiger charge is 2.11. The summed E-state index contributed by atoms with van der Waals surface area (Å²) in [6, 6.07) is 5.20. The van der Waals surface area contributed by atoms with E-state index in [1.165, 1.54) is 0 Å². The number of hydrogen-bond acceptors (Lipinski definition) is 1. The van der Waals surface area contributed by atoms with Crippen molar-refractivity contribution in [2.45, 2.75) is 12.5 Å². The van der Waals surface area contributed by atoms with Crippen molar-refractivity contribution in [3.8, 4) is 0 Å². The zero-order valence-corrected chi connectivity index (χ0v) is 8.65. The van der Waals surface area contributed by atoms with Gasteiger partial charge in [-0.05, 0) is 18.6 Å². The Morgan fingerprint density at radius 3 is 2.38 bits per heavy atom. The molecule has 0 unspecified atom stereocenters. The minimum absolute atomic E-state index is 0.168. The zero-order valence-electron chi connectivity index (χ0n) is 7.13. The number of halogens is 2. The van der Waals surface area contributed by atoms with E-state index in [4.69, 9.17) is 28.9 Å². The summed E-state index contributed by atoms with van der Waals surface area (Å²) in [7, 11) is 0. The molecular formula is C10H11Cl2N. The molecular weight excluding hydrogens is 205 g/mol. The van der Waals surface area contributed by atoms with Gasteiger partial charge < -0.3 is 5.73 Å². The zero-order chi connectivity index (χ0) is 9.84. The molecule has 0 fully saturated rings. The van der Waals surface area contributed by atoms with Crippen LogP contribution in [0, 0.1) is 0 Å². The highest BCUT2D eigenvalue weighted by Crippen LogP contribution is 2.30. The fourth-order valence-corrected chi connectivity index (χ4v) is 1.84. The molecule has 1 aromatic rings. The summed E-state index contributed by atoms with van der Waals surface area (Å²) >= 11 is 11.9. The normalized spacial score (nSPS) is 12.5. The van der Waals surface area contributed by atoms with Gasteiger partial charge in [-0.25, -0.2) is 0 Å². The maximum Gasteiger partial charge on any atom is 0.0468 e. The van der Waals surface area contributed by atoms with Gasteiger partial charge in [0.25, 0.3) is 0 Å². The van der Waals surface area contributed by atoms with Crippen molar-refractivity contribution in [2.24, 2.45) is 5.73 Å². The Labute approximate surface area is 88.1 Å². The molecule has 1 nitrogen and oxygen atoms in total. The first-order valence-electron chi connectivity index (χ1n) is 3.97. The van der Waals surface area contributed by atoms with Crippen molar-refractivity contribution in [3.63, 3.8) is 0 Å². The van der Waals surface area contributed by atoms with Crippen LogP contribution in [0.2, 0.25) is 10.0 Å². The van der Waals surface area contributed by atoms with Gasteiger partial charge in [-0.3, -0.25) is 0 Å². The van der Waals surface area contributed by atoms with Crippen molar-refractivity contribution in [3.05, 3.63) is 46.5 Å². The van der Waals surface area contributed by atoms with Gasteiger partial charge in [-0.15, -0.1) is 6.58 Å². The molecule has 70 valence electrons. The summed E-state index contributed by atoms with van der Waals surface area (Å²) < 4.78 is 0. The first-order valence-corrected chi connectivity index (χ1v) is 4.72. The van der Waals surface area contributed by atoms with Gasteiger partial charge in [0.2, 0.25) is 0 Å². The second kappa shape index (κ2) is 4.66. The summed E-state index contributed by atoms with van der Waals surface area (Å²) in [4.78, 5) is 0. The molecule has 13 heavy (non-hydrogen) atoms. The second-order valence-corrected chi connectivity index (χ2v) is 3.58. The molecule has 0 saturated carbocycles. The molecule has 0 amide bonds. The lowest BCUT2D eigenvalue weighted by Crippen LogP contribution is -2.10. The number of benzene rings is 1. The molecule has 1 atom stereocenters. The standard InChI is InChI=1S/C10H11Cl2N/c1-2-4-9(13)10-7(11)5-3-6-8(10)12/h2-3,5-6,9H,1,4,13H2/t9-/m0/s1. The van der Waals surface area contributed by atoms with Crippen LogP contribution in [-0.4, -0.2) is 0 Å². The maximum absolute atomic E-state index is 5.96. The smallest absolute Gasteiger partial charge is 0.0468 e. The molecule has 0 aliphatic carbocycles. The van der Waals surface area contributed by atoms with E-state index in [1.807, 2.05) is 0 Å². The van der Waals surface area contributed by atoms with Crippen molar-refractivity contribution in [2.75, 3.05) is 0 Å². The Morgan fingerprint density at radius 2 is 1.92 bits per heavy atom. The van der Waals surface area contributed by atoms with Crippen LogP contribution in [0.4, 0.5) is 0 Å². The van der Waals surface area contributed by atoms with Crippen LogP contribution < -0.4 is 5.73 Å². The van der Waals surface area contributed by atoms with E-state index in [0.717, 1.165) is 5.56 Å². The van der Waals surface area contributed by atoms with E-state index in [2.05, 4.69) is 6.58 Å². The Kier molecular flexibility index (Phi) is 3.79. The molecule has 0 aromatic heterocycles. The van der Waals surface area contributed by atoms with Crippen molar-refractivity contribution >= 4 is 23.2 Å². The number of rotatable bonds is 3. The van der Waals surface area contributed by atoms with Gasteiger partial charge in [0.05, 0.1) is 0 Å². The van der Waals surface area contributed by atoms with Gasteiger partial charge in [0, 0.05) is 21.7 Å². The van der Waals surface area contributed by atoms with E-state index in [1.54, 1.807) is 24.3 Å². The van der Waals surface area contributed by atoms with E-state index in [0.29, 0.717) is 16.5 Å². The van der Waals surface area contributed by atoms with Crippen LogP contribution in [-0.2, 0) is 0 Å². The summed E-state index contributed by atoms with van der Waals surface area (Å²) in [5.74, 6) is 0. The van der Waals surface area contributed by atoms with Gasteiger partial charge in [0.1, 0.15) is 0 Å². The number of hydrogen-bond donors (Lipinski definition) is 1. The van der Waals surface area contributed by atoms with E-state index >= 15 is 0 Å². The molecule has 0 spiro atoms. The Bertz CT molecular complexity index is 290. The third kappa shape index (κ3) is 2.47. The number of nitrogens with two attached hydrogens (primary N) is 1. The highest BCUT2D eigenvalue weighted by molar-refractivity contribution is 6.36. The Morgan fingerprint density at radius 1 is 1.38 bits per heavy atom. The maximum atomic E-state index is 5.96. The largest absolute Gasteiger partial charge is 0.324 e. The average Bonchev–Trinajstić information content (AvgIpc) is 2.04. The topological polar surface area (TPSA) is 26.0 Å². The summed E-state index contributed by atoms with van der Waals surface area (Å²) in [6.07, 6.45) is 2.42. The van der Waals surface area contributed by atoms with E-state index in [9.17, 15) is 0 Å². The molecule has 1 aromatic carbocycles. The first kappa shape index (κ1) is 10.6. The highest BCUT2D eigenvalue weighted by atomic mass is 35.5. The van der Waals surface area contributed by atoms with Crippen LogP contribution in [0.3, 0.4) is 0 Å². The molecule has 3 heteroatoms. The van der Waals surface area contributed by atoms with Crippen LogP contribution in [0.5, 0.6) is 0 Å². The summed E-state index contributed by atoms with van der Waals surface area (Å²) in [5.41, 5.74) is 6.66. The molecule has 2 N–H and O–H groups in total. The lowest BCUT2D eigenvalue weighted by atomic mass is 10.0. The fraction of sp³-hybridized carbons (Fsp3) is 0.200. The van der Waals surface area contributed by atoms with Crippen molar-refractivity contribution in [1.82, 2.24) is 0 Å². The fourth-order valence-electron chi connectivity index (χ4n) is 1.16. The third-order valence-corrected chi connectivity index (χ3v) is 2.45. The van der Waals surface area contributed by atoms with Crippen molar-refractivity contribution in [1.29, 1.82) is 0 Å². The quantitative estimate of drug-likeness (QED) is 0.768. The molecule has 0 aliphatic heterocycles. The average molecular weight is 216 g/mol. The third-order valence-electron chi connectivity index (χ3n) is 1.79. The minimum atomic E-state index is -0.168. The second-order valence-electron chi connectivity index (χ2n) is 2.77. The predicted octanol–water partition coefficient (Wildman–Crippen LogP) is 3.57. The monoisotopic (exact) mass is 215 g/mol. The van der Waals surface area contributed by atoms with Crippen molar-refractivity contribution < 1.29 is 0 Å². The summed E-state index contributed by atoms with van der Waals surface area (Å²) in [6.45, 7) is 3.62. The van der Waals surface area contributed by atoms with Crippen LogP contribution in [0.1, 0.15) is 18.0 Å². The van der Waals surface area contributed by atoms with Crippen LogP contribution in [0.25, 0.3) is 0 Å². The SMILES string of the molecule is C=CC[C@H](N)c1c(Cl)cccc1Cl. The van der Waals surface area contributed by atoms with Crippen LogP contribution >= 0.6 is 23.2 Å². The first-order chi connectivity index (χ1) is 6.16. The minimum Gasteiger partial charge on any atom is -0.324 e. The lowest BCUT2D eigenvalue weighted by Gasteiger charge is -2.12. The molecule has 1 rings (SSSR count). The van der Waals surface area contributed by atoms with E-state index in [-0.39, 0.29) is 6.04 Å². The molecule has 0 radical (unpaired) electrons. The van der Waals surface area contributed by atoms with Gasteiger partial charge >= 0.3 is 0 Å². The lowest BCUT2D eigenvalue weighted by molar-refractivity contribution is 0.742. The van der Waals surface area contributed by atoms with Gasteiger partial charge in [0.15, 0.2) is 0 Å². The predicted molar refractivity (Wildman–Crippen MR) is 58.2 cm³/mol. The molecule has 0 bridgehead atoms. The summed E-state index contributed by atoms with van der Waals surface area (Å²) in [5, 5.41) is 1.23. The van der Waals surface area contributed by atoms with Crippen LogP contribution in [0.15, 0.2) is 30.9 Å².